The van der Waals surface area contributed by atoms with Gasteiger partial charge in [-0.2, -0.15) is 11.3 Å². The van der Waals surface area contributed by atoms with E-state index < -0.39 is 11.6 Å². The molecule has 1 atom stereocenters. The molecule has 5 nitrogen and oxygen atoms in total. The van der Waals surface area contributed by atoms with Crippen LogP contribution in [0.5, 0.6) is 0 Å². The van der Waals surface area contributed by atoms with Gasteiger partial charge in [-0.15, -0.1) is 0 Å². The lowest BCUT2D eigenvalue weighted by Gasteiger charge is -2.36. The highest BCUT2D eigenvalue weighted by molar-refractivity contribution is 7.08. The number of piperidine rings is 1. The maximum atomic E-state index is 15.1. The number of carbonyl (C=O) groups is 2. The molecule has 0 aromatic carbocycles. The highest BCUT2D eigenvalue weighted by atomic mass is 32.1. The van der Waals surface area contributed by atoms with Gasteiger partial charge in [0, 0.05) is 30.9 Å². The number of hydrogen-bond donors (Lipinski definition) is 1. The molecule has 2 aromatic rings. The lowest BCUT2D eigenvalue weighted by Crippen LogP contribution is -2.55. The van der Waals surface area contributed by atoms with Crippen LogP contribution >= 0.6 is 11.3 Å². The third-order valence-corrected chi connectivity index (χ3v) is 4.76. The van der Waals surface area contributed by atoms with Crippen LogP contribution in [0.25, 0.3) is 0 Å². The summed E-state index contributed by atoms with van der Waals surface area (Å²) >= 11 is 1.42. The Morgan fingerprint density at radius 1 is 1.42 bits per heavy atom. The van der Waals surface area contributed by atoms with E-state index in [2.05, 4.69) is 10.3 Å². The average molecular weight is 347 g/mol. The van der Waals surface area contributed by atoms with Gasteiger partial charge < -0.3 is 10.2 Å². The number of likely N-dealkylation sites (tertiary alicyclic amines) is 1. The van der Waals surface area contributed by atoms with Gasteiger partial charge in [0.15, 0.2) is 0 Å². The molecule has 2 aromatic heterocycles. The number of aromatic nitrogens is 1. The van der Waals surface area contributed by atoms with Crippen molar-refractivity contribution < 1.29 is 14.0 Å². The fourth-order valence-electron chi connectivity index (χ4n) is 2.78. The van der Waals surface area contributed by atoms with Crippen molar-refractivity contribution in [2.45, 2.75) is 25.1 Å². The number of nitrogens with one attached hydrogen (secondary N) is 1. The van der Waals surface area contributed by atoms with E-state index in [4.69, 9.17) is 0 Å². The second kappa shape index (κ2) is 7.09. The van der Waals surface area contributed by atoms with E-state index in [1.54, 1.807) is 35.3 Å². The summed E-state index contributed by atoms with van der Waals surface area (Å²) in [5.41, 5.74) is -0.705. The van der Waals surface area contributed by atoms with Crippen LogP contribution in [-0.2, 0) is 11.3 Å². The molecular formula is C17H18FN3O2S. The molecule has 0 radical (unpaired) electrons. The van der Waals surface area contributed by atoms with Crippen LogP contribution in [0.1, 0.15) is 28.8 Å². The number of pyridine rings is 1. The zero-order valence-electron chi connectivity index (χ0n) is 13.1. The molecule has 0 aliphatic carbocycles. The van der Waals surface area contributed by atoms with Crippen molar-refractivity contribution in [3.63, 3.8) is 0 Å². The van der Waals surface area contributed by atoms with E-state index in [-0.39, 0.29) is 25.4 Å². The Bertz CT molecular complexity index is 708. The number of carbonyl (C=O) groups excluding carboxylic acids is 2. The average Bonchev–Trinajstić information content (AvgIpc) is 3.14. The topological polar surface area (TPSA) is 62.3 Å². The fraction of sp³-hybridized carbons (Fsp3) is 0.353. The Balaban J connectivity index is 1.63. The number of hydrogen-bond acceptors (Lipinski definition) is 4. The smallest absolute Gasteiger partial charge is 0.259 e. The Morgan fingerprint density at radius 2 is 2.29 bits per heavy atom. The van der Waals surface area contributed by atoms with Crippen molar-refractivity contribution >= 4 is 23.2 Å². The first kappa shape index (κ1) is 16.6. The lowest BCUT2D eigenvalue weighted by atomic mass is 9.93. The summed E-state index contributed by atoms with van der Waals surface area (Å²) in [7, 11) is 0. The lowest BCUT2D eigenvalue weighted by molar-refractivity contribution is -0.136. The molecule has 126 valence electrons. The monoisotopic (exact) mass is 347 g/mol. The van der Waals surface area contributed by atoms with E-state index in [1.807, 2.05) is 6.07 Å². The minimum Gasteiger partial charge on any atom is -0.349 e. The van der Waals surface area contributed by atoms with Gasteiger partial charge in [-0.1, -0.05) is 6.07 Å². The minimum absolute atomic E-state index is 0.124. The van der Waals surface area contributed by atoms with Gasteiger partial charge in [0.1, 0.15) is 0 Å². The molecule has 1 aliphatic heterocycles. The molecule has 3 heterocycles. The summed E-state index contributed by atoms with van der Waals surface area (Å²) in [6.45, 7) is 0.480. The van der Waals surface area contributed by atoms with Crippen molar-refractivity contribution in [2.24, 2.45) is 0 Å². The zero-order valence-corrected chi connectivity index (χ0v) is 13.9. The predicted molar refractivity (Wildman–Crippen MR) is 89.4 cm³/mol. The molecule has 1 saturated heterocycles. The SMILES string of the molecule is O=C(c1ccsc1)N1CCCC(F)(C(=O)NCc2cccnc2)C1. The zero-order chi connectivity index (χ0) is 17.0. The van der Waals surface area contributed by atoms with E-state index in [9.17, 15) is 9.59 Å². The van der Waals surface area contributed by atoms with Crippen LogP contribution in [0.4, 0.5) is 4.39 Å². The maximum Gasteiger partial charge on any atom is 0.259 e. The van der Waals surface area contributed by atoms with Gasteiger partial charge in [-0.25, -0.2) is 4.39 Å². The minimum atomic E-state index is -2.05. The quantitative estimate of drug-likeness (QED) is 0.924. The summed E-state index contributed by atoms with van der Waals surface area (Å²) in [4.78, 5) is 30.1. The summed E-state index contributed by atoms with van der Waals surface area (Å²) in [5, 5.41) is 6.16. The summed E-state index contributed by atoms with van der Waals surface area (Å²) in [6, 6.07) is 5.28. The van der Waals surface area contributed by atoms with Crippen LogP contribution in [0, 0.1) is 0 Å². The second-order valence-corrected chi connectivity index (χ2v) is 6.63. The molecule has 1 aliphatic rings. The number of halogens is 1. The predicted octanol–water partition coefficient (Wildman–Crippen LogP) is 2.40. The first-order valence-corrected chi connectivity index (χ1v) is 8.70. The van der Waals surface area contributed by atoms with Crippen LogP contribution in [0.3, 0.4) is 0 Å². The van der Waals surface area contributed by atoms with Crippen molar-refractivity contribution in [3.05, 3.63) is 52.5 Å². The summed E-state index contributed by atoms with van der Waals surface area (Å²) in [6.07, 6.45) is 3.85. The number of thiophene rings is 1. The third-order valence-electron chi connectivity index (χ3n) is 4.08. The molecule has 24 heavy (non-hydrogen) atoms. The molecule has 0 bridgehead atoms. The van der Waals surface area contributed by atoms with Crippen molar-refractivity contribution in [2.75, 3.05) is 13.1 Å². The molecule has 0 saturated carbocycles. The molecule has 7 heteroatoms. The first-order chi connectivity index (χ1) is 11.6. The summed E-state index contributed by atoms with van der Waals surface area (Å²) in [5.74, 6) is -0.896. The van der Waals surface area contributed by atoms with E-state index >= 15 is 4.39 Å². The largest absolute Gasteiger partial charge is 0.349 e. The number of alkyl halides is 1. The molecule has 1 N–H and O–H groups in total. The molecular weight excluding hydrogens is 329 g/mol. The van der Waals surface area contributed by atoms with E-state index in [0.717, 1.165) is 5.56 Å². The van der Waals surface area contributed by atoms with Crippen molar-refractivity contribution in [1.82, 2.24) is 15.2 Å². The Labute approximate surface area is 143 Å². The van der Waals surface area contributed by atoms with Crippen molar-refractivity contribution in [1.29, 1.82) is 0 Å². The second-order valence-electron chi connectivity index (χ2n) is 5.85. The Morgan fingerprint density at radius 3 is 3.00 bits per heavy atom. The van der Waals surface area contributed by atoms with Gasteiger partial charge in [-0.3, -0.25) is 14.6 Å². The van der Waals surface area contributed by atoms with E-state index in [0.29, 0.717) is 18.5 Å². The van der Waals surface area contributed by atoms with Crippen LogP contribution in [-0.4, -0.2) is 40.5 Å². The summed E-state index contributed by atoms with van der Waals surface area (Å²) < 4.78 is 15.1. The number of amides is 2. The standard InChI is InChI=1S/C17H18FN3O2S/c18-17(16(23)20-10-13-3-1-6-19-9-13)5-2-7-21(12-17)15(22)14-4-8-24-11-14/h1,3-4,6,8-9,11H,2,5,7,10,12H2,(H,20,23). The van der Waals surface area contributed by atoms with Gasteiger partial charge in [0.2, 0.25) is 5.67 Å². The van der Waals surface area contributed by atoms with Gasteiger partial charge in [-0.05, 0) is 35.9 Å². The van der Waals surface area contributed by atoms with Gasteiger partial charge in [0.05, 0.1) is 12.1 Å². The highest BCUT2D eigenvalue weighted by Gasteiger charge is 2.43. The third kappa shape index (κ3) is 3.62. The maximum absolute atomic E-state index is 15.1. The van der Waals surface area contributed by atoms with Gasteiger partial charge in [0.25, 0.3) is 11.8 Å². The van der Waals surface area contributed by atoms with Crippen LogP contribution in [0.15, 0.2) is 41.4 Å². The molecule has 3 rings (SSSR count). The Kier molecular flexibility index (Phi) is 4.89. The van der Waals surface area contributed by atoms with Crippen molar-refractivity contribution in [3.8, 4) is 0 Å². The Hall–Kier alpha value is -2.28. The van der Waals surface area contributed by atoms with Gasteiger partial charge >= 0.3 is 0 Å². The van der Waals surface area contributed by atoms with E-state index in [1.165, 1.54) is 16.2 Å². The molecule has 1 fully saturated rings. The highest BCUT2D eigenvalue weighted by Crippen LogP contribution is 2.27. The molecule has 0 spiro atoms. The molecule has 1 unspecified atom stereocenters. The fourth-order valence-corrected chi connectivity index (χ4v) is 3.41. The van der Waals surface area contributed by atoms with Crippen LogP contribution in [0.2, 0.25) is 0 Å². The number of rotatable bonds is 4. The van der Waals surface area contributed by atoms with Crippen LogP contribution < -0.4 is 5.32 Å². The number of nitrogens with zero attached hydrogens (tertiary/aromatic N) is 2. The first-order valence-electron chi connectivity index (χ1n) is 7.76. The normalized spacial score (nSPS) is 20.6. The molecule has 2 amide bonds.